The molecule has 0 bridgehead atoms. The van der Waals surface area contributed by atoms with Crippen molar-refractivity contribution in [1.29, 1.82) is 0 Å². The predicted molar refractivity (Wildman–Crippen MR) is 136 cm³/mol. The molecule has 0 aromatic heterocycles. The van der Waals surface area contributed by atoms with E-state index in [9.17, 15) is 0 Å². The fourth-order valence-electron chi connectivity index (χ4n) is 4.45. The Labute approximate surface area is 201 Å². The van der Waals surface area contributed by atoms with Crippen molar-refractivity contribution in [2.75, 3.05) is 86.3 Å². The van der Waals surface area contributed by atoms with Crippen LogP contribution in [-0.2, 0) is 9.47 Å². The minimum Gasteiger partial charge on any atom is -0.385 e. The Balaban J connectivity index is 0.00000450. The third kappa shape index (κ3) is 10.9. The fraction of sp³-hybridized carbons (Fsp3) is 0.955. The van der Waals surface area contributed by atoms with Crippen LogP contribution in [0.25, 0.3) is 0 Å². The van der Waals surface area contributed by atoms with Crippen LogP contribution in [0.2, 0.25) is 0 Å². The molecule has 0 aromatic rings. The Bertz CT molecular complexity index is 455. The number of aliphatic imine (C=N–C) groups is 1. The average molecular weight is 540 g/mol. The number of morpholine rings is 1. The van der Waals surface area contributed by atoms with Gasteiger partial charge in [-0.2, -0.15) is 0 Å². The number of likely N-dealkylation sites (N-methyl/N-ethyl adjacent to an activating group) is 1. The number of guanidine groups is 1. The molecule has 1 aliphatic carbocycles. The average Bonchev–Trinajstić information content (AvgIpc) is 2.74. The number of nitrogens with one attached hydrogen (secondary N) is 2. The third-order valence-electron chi connectivity index (χ3n) is 6.17. The predicted octanol–water partition coefficient (Wildman–Crippen LogP) is 2.41. The lowest BCUT2D eigenvalue weighted by Gasteiger charge is -2.41. The van der Waals surface area contributed by atoms with Crippen molar-refractivity contribution < 1.29 is 9.47 Å². The van der Waals surface area contributed by atoms with E-state index in [0.717, 1.165) is 78.0 Å². The smallest absolute Gasteiger partial charge is 0.191 e. The van der Waals surface area contributed by atoms with Crippen LogP contribution < -0.4 is 10.6 Å². The highest BCUT2D eigenvalue weighted by atomic mass is 127. The highest BCUT2D eigenvalue weighted by Crippen LogP contribution is 2.37. The van der Waals surface area contributed by atoms with Crippen LogP contribution in [0, 0.1) is 5.41 Å². The van der Waals surface area contributed by atoms with Gasteiger partial charge in [-0.15, -0.1) is 24.0 Å². The van der Waals surface area contributed by atoms with E-state index in [2.05, 4.69) is 34.4 Å². The van der Waals surface area contributed by atoms with E-state index in [1.54, 1.807) is 7.11 Å². The second-order valence-corrected chi connectivity index (χ2v) is 8.72. The molecule has 0 spiro atoms. The Hall–Kier alpha value is -0.160. The van der Waals surface area contributed by atoms with Crippen molar-refractivity contribution in [3.8, 4) is 0 Å². The van der Waals surface area contributed by atoms with Gasteiger partial charge in [0.1, 0.15) is 0 Å². The number of rotatable bonds is 12. The molecule has 2 N–H and O–H groups in total. The maximum atomic E-state index is 5.55. The molecular formula is C22H46IN5O2. The molecule has 0 atom stereocenters. The van der Waals surface area contributed by atoms with E-state index in [-0.39, 0.29) is 24.0 Å². The Morgan fingerprint density at radius 1 is 1.13 bits per heavy atom. The molecule has 1 aliphatic heterocycles. The molecule has 2 fully saturated rings. The lowest BCUT2D eigenvalue weighted by atomic mass is 9.73. The van der Waals surface area contributed by atoms with E-state index in [4.69, 9.17) is 14.5 Å². The van der Waals surface area contributed by atoms with Crippen molar-refractivity contribution in [1.82, 2.24) is 20.4 Å². The molecule has 0 amide bonds. The first-order chi connectivity index (χ1) is 14.2. The second-order valence-electron chi connectivity index (χ2n) is 8.72. The van der Waals surface area contributed by atoms with Gasteiger partial charge in [0.25, 0.3) is 0 Å². The van der Waals surface area contributed by atoms with Crippen molar-refractivity contribution in [2.24, 2.45) is 10.4 Å². The van der Waals surface area contributed by atoms with E-state index >= 15 is 0 Å². The molecular weight excluding hydrogens is 493 g/mol. The number of hydrogen-bond donors (Lipinski definition) is 2. The molecule has 0 radical (unpaired) electrons. The topological polar surface area (TPSA) is 61.4 Å². The lowest BCUT2D eigenvalue weighted by molar-refractivity contribution is 0.00937. The fourth-order valence-corrected chi connectivity index (χ4v) is 4.45. The van der Waals surface area contributed by atoms with Gasteiger partial charge in [-0.3, -0.25) is 9.89 Å². The first-order valence-electron chi connectivity index (χ1n) is 11.7. The molecule has 2 rings (SSSR count). The normalized spacial score (nSPS) is 20.1. The van der Waals surface area contributed by atoms with Gasteiger partial charge in [-0.25, -0.2) is 0 Å². The number of ether oxygens (including phenoxy) is 2. The van der Waals surface area contributed by atoms with E-state index in [1.165, 1.54) is 38.6 Å². The monoisotopic (exact) mass is 539 g/mol. The number of nitrogens with zero attached hydrogens (tertiary/aromatic N) is 3. The van der Waals surface area contributed by atoms with Gasteiger partial charge in [-0.05, 0) is 33.2 Å². The molecule has 0 unspecified atom stereocenters. The summed E-state index contributed by atoms with van der Waals surface area (Å²) < 4.78 is 10.7. The first kappa shape index (κ1) is 27.9. The maximum absolute atomic E-state index is 5.55. The Kier molecular flexibility index (Phi) is 15.3. The molecule has 2 aliphatic rings. The maximum Gasteiger partial charge on any atom is 0.191 e. The minimum atomic E-state index is 0. The van der Waals surface area contributed by atoms with E-state index in [0.29, 0.717) is 5.41 Å². The van der Waals surface area contributed by atoms with Gasteiger partial charge in [0, 0.05) is 71.5 Å². The van der Waals surface area contributed by atoms with Crippen molar-refractivity contribution in [3.63, 3.8) is 0 Å². The summed E-state index contributed by atoms with van der Waals surface area (Å²) in [6.45, 7) is 12.8. The van der Waals surface area contributed by atoms with Gasteiger partial charge in [0.15, 0.2) is 5.96 Å². The van der Waals surface area contributed by atoms with E-state index < -0.39 is 0 Å². The van der Waals surface area contributed by atoms with Crippen LogP contribution in [0.3, 0.4) is 0 Å². The van der Waals surface area contributed by atoms with Gasteiger partial charge in [0.2, 0.25) is 0 Å². The number of hydrogen-bond acceptors (Lipinski definition) is 5. The van der Waals surface area contributed by atoms with E-state index in [1.807, 2.05) is 0 Å². The highest BCUT2D eigenvalue weighted by Gasteiger charge is 2.34. The van der Waals surface area contributed by atoms with Crippen LogP contribution in [0.5, 0.6) is 0 Å². The van der Waals surface area contributed by atoms with Crippen LogP contribution in [0.15, 0.2) is 4.99 Å². The van der Waals surface area contributed by atoms with Gasteiger partial charge in [0.05, 0.1) is 13.2 Å². The zero-order valence-electron chi connectivity index (χ0n) is 19.6. The van der Waals surface area contributed by atoms with Crippen LogP contribution in [0.1, 0.15) is 45.4 Å². The third-order valence-corrected chi connectivity index (χ3v) is 6.17. The van der Waals surface area contributed by atoms with Crippen LogP contribution in [0.4, 0.5) is 0 Å². The molecule has 7 nitrogen and oxygen atoms in total. The highest BCUT2D eigenvalue weighted by molar-refractivity contribution is 14.0. The zero-order valence-corrected chi connectivity index (χ0v) is 21.9. The summed E-state index contributed by atoms with van der Waals surface area (Å²) in [6, 6.07) is 0. The second kappa shape index (κ2) is 16.5. The summed E-state index contributed by atoms with van der Waals surface area (Å²) in [7, 11) is 3.93. The molecule has 8 heteroatoms. The largest absolute Gasteiger partial charge is 0.385 e. The van der Waals surface area contributed by atoms with Crippen molar-refractivity contribution in [3.05, 3.63) is 0 Å². The Morgan fingerprint density at radius 2 is 1.87 bits per heavy atom. The number of methoxy groups -OCH3 is 1. The van der Waals surface area contributed by atoms with Gasteiger partial charge >= 0.3 is 0 Å². The summed E-state index contributed by atoms with van der Waals surface area (Å²) in [6.07, 6.45) is 7.74. The lowest BCUT2D eigenvalue weighted by Crippen LogP contribution is -2.47. The molecule has 0 aromatic carbocycles. The molecule has 30 heavy (non-hydrogen) atoms. The summed E-state index contributed by atoms with van der Waals surface area (Å²) in [5.74, 6) is 0.963. The Morgan fingerprint density at radius 3 is 2.53 bits per heavy atom. The minimum absolute atomic E-state index is 0. The van der Waals surface area contributed by atoms with Gasteiger partial charge in [-0.1, -0.05) is 19.3 Å². The summed E-state index contributed by atoms with van der Waals surface area (Å²) in [5, 5.41) is 6.97. The van der Waals surface area contributed by atoms with Gasteiger partial charge < -0.3 is 25.0 Å². The van der Waals surface area contributed by atoms with Crippen LogP contribution >= 0.6 is 24.0 Å². The SMILES string of the molecule is CCNC(=NCC1(CN2CCOCC2)CCCCC1)NCCN(C)CCCOC.I. The number of halogens is 1. The molecule has 178 valence electrons. The summed E-state index contributed by atoms with van der Waals surface area (Å²) in [4.78, 5) is 9.99. The quantitative estimate of drug-likeness (QED) is 0.172. The molecule has 1 saturated carbocycles. The first-order valence-corrected chi connectivity index (χ1v) is 11.7. The standard InChI is InChI=1S/C22H45N5O2.HI/c1-4-23-21(24-11-13-26(2)12-8-16-28-3)25-19-22(9-6-5-7-10-22)20-27-14-17-29-18-15-27;/h4-20H2,1-3H3,(H2,23,24,25);1H. The van der Waals surface area contributed by atoms with Crippen LogP contribution in [-0.4, -0.2) is 102 Å². The van der Waals surface area contributed by atoms with Crippen molar-refractivity contribution >= 4 is 29.9 Å². The molecule has 1 saturated heterocycles. The summed E-state index contributed by atoms with van der Waals surface area (Å²) >= 11 is 0. The zero-order chi connectivity index (χ0) is 20.8. The summed E-state index contributed by atoms with van der Waals surface area (Å²) in [5.41, 5.74) is 0.328. The van der Waals surface area contributed by atoms with Crippen molar-refractivity contribution in [2.45, 2.75) is 45.4 Å². The molecule has 1 heterocycles.